The number of hydrogen-bond acceptors (Lipinski definition) is 5. The van der Waals surface area contributed by atoms with Gasteiger partial charge in [0.15, 0.2) is 0 Å². The Labute approximate surface area is 166 Å². The van der Waals surface area contributed by atoms with Crippen molar-refractivity contribution in [1.82, 2.24) is 4.90 Å². The Kier molecular flexibility index (Phi) is 9.01. The molecule has 6 heteroatoms. The first-order chi connectivity index (χ1) is 13.6. The van der Waals surface area contributed by atoms with Gasteiger partial charge < -0.3 is 19.1 Å². The fraction of sp³-hybridized carbons (Fsp3) is 0.364. The summed E-state index contributed by atoms with van der Waals surface area (Å²) < 4.78 is 15.5. The van der Waals surface area contributed by atoms with E-state index in [2.05, 4.69) is 0 Å². The highest BCUT2D eigenvalue weighted by molar-refractivity contribution is 5.94. The van der Waals surface area contributed by atoms with Gasteiger partial charge in [-0.3, -0.25) is 9.59 Å². The predicted octanol–water partition coefficient (Wildman–Crippen LogP) is 3.31. The first-order valence-electron chi connectivity index (χ1n) is 9.34. The Morgan fingerprint density at radius 3 is 2.32 bits per heavy atom. The Bertz CT molecular complexity index is 730. The van der Waals surface area contributed by atoms with Crippen LogP contribution >= 0.6 is 0 Å². The van der Waals surface area contributed by atoms with Crippen molar-refractivity contribution in [3.63, 3.8) is 0 Å². The van der Waals surface area contributed by atoms with Crippen molar-refractivity contribution in [2.45, 2.75) is 19.9 Å². The number of benzene rings is 2. The molecule has 0 heterocycles. The van der Waals surface area contributed by atoms with Crippen LogP contribution in [0.4, 0.5) is 0 Å². The van der Waals surface area contributed by atoms with Crippen molar-refractivity contribution >= 4 is 11.9 Å². The molecule has 0 aliphatic heterocycles. The molecular formula is C22H27NO5. The van der Waals surface area contributed by atoms with E-state index in [1.54, 1.807) is 43.2 Å². The van der Waals surface area contributed by atoms with Gasteiger partial charge >= 0.3 is 5.97 Å². The second-order valence-electron chi connectivity index (χ2n) is 6.13. The third-order valence-corrected chi connectivity index (χ3v) is 4.05. The standard InChI is InChI=1S/C22H27NO5/c1-3-27-21(24)13-14-23(17-18-7-5-4-6-8-18)22(25)19-9-11-20(12-10-19)28-16-15-26-2/h4-12H,3,13-17H2,1-2H3. The molecule has 1 amide bonds. The van der Waals surface area contributed by atoms with Crippen LogP contribution in [0.15, 0.2) is 54.6 Å². The van der Waals surface area contributed by atoms with E-state index in [1.807, 2.05) is 30.3 Å². The van der Waals surface area contributed by atoms with Crippen LogP contribution < -0.4 is 4.74 Å². The number of nitrogens with zero attached hydrogens (tertiary/aromatic N) is 1. The summed E-state index contributed by atoms with van der Waals surface area (Å²) in [6.07, 6.45) is 0.157. The fourth-order valence-corrected chi connectivity index (χ4v) is 2.63. The van der Waals surface area contributed by atoms with Gasteiger partial charge in [0.25, 0.3) is 5.91 Å². The third kappa shape index (κ3) is 7.04. The van der Waals surface area contributed by atoms with Crippen LogP contribution in [-0.4, -0.2) is 50.3 Å². The van der Waals surface area contributed by atoms with Crippen molar-refractivity contribution in [2.24, 2.45) is 0 Å². The summed E-state index contributed by atoms with van der Waals surface area (Å²) >= 11 is 0. The van der Waals surface area contributed by atoms with Crippen LogP contribution in [-0.2, 0) is 20.8 Å². The normalized spacial score (nSPS) is 10.4. The number of methoxy groups -OCH3 is 1. The molecule has 0 bridgehead atoms. The highest BCUT2D eigenvalue weighted by atomic mass is 16.5. The van der Waals surface area contributed by atoms with E-state index < -0.39 is 0 Å². The van der Waals surface area contributed by atoms with E-state index >= 15 is 0 Å². The molecule has 150 valence electrons. The number of carbonyl (C=O) groups is 2. The van der Waals surface area contributed by atoms with Crippen LogP contribution in [0.25, 0.3) is 0 Å². The summed E-state index contributed by atoms with van der Waals surface area (Å²) in [6.45, 7) is 3.75. The molecule has 0 atom stereocenters. The van der Waals surface area contributed by atoms with Gasteiger partial charge in [-0.05, 0) is 36.8 Å². The fourth-order valence-electron chi connectivity index (χ4n) is 2.63. The number of hydrogen-bond donors (Lipinski definition) is 0. The summed E-state index contributed by atoms with van der Waals surface area (Å²) in [5.41, 5.74) is 1.54. The number of carbonyl (C=O) groups excluding carboxylic acids is 2. The van der Waals surface area contributed by atoms with Gasteiger partial charge in [-0.25, -0.2) is 0 Å². The minimum Gasteiger partial charge on any atom is -0.491 e. The van der Waals surface area contributed by atoms with Gasteiger partial charge in [0.1, 0.15) is 12.4 Å². The topological polar surface area (TPSA) is 65.1 Å². The molecule has 0 fully saturated rings. The van der Waals surface area contributed by atoms with E-state index in [-0.39, 0.29) is 18.3 Å². The van der Waals surface area contributed by atoms with Crippen LogP contribution in [0, 0.1) is 0 Å². The molecule has 0 unspecified atom stereocenters. The Morgan fingerprint density at radius 2 is 1.68 bits per heavy atom. The molecule has 0 aliphatic carbocycles. The number of rotatable bonds is 11. The Hall–Kier alpha value is -2.86. The van der Waals surface area contributed by atoms with Crippen LogP contribution in [0.3, 0.4) is 0 Å². The molecule has 0 saturated carbocycles. The van der Waals surface area contributed by atoms with Crippen LogP contribution in [0.2, 0.25) is 0 Å². The average Bonchev–Trinajstić information content (AvgIpc) is 2.72. The highest BCUT2D eigenvalue weighted by Crippen LogP contribution is 2.16. The molecule has 2 rings (SSSR count). The average molecular weight is 385 g/mol. The van der Waals surface area contributed by atoms with Crippen molar-refractivity contribution in [3.05, 3.63) is 65.7 Å². The summed E-state index contributed by atoms with van der Waals surface area (Å²) in [5, 5.41) is 0. The molecule has 0 aliphatic rings. The van der Waals surface area contributed by atoms with Crippen LogP contribution in [0.5, 0.6) is 5.75 Å². The zero-order chi connectivity index (χ0) is 20.2. The second kappa shape index (κ2) is 11.8. The molecule has 0 N–H and O–H groups in total. The zero-order valence-corrected chi connectivity index (χ0v) is 16.4. The molecule has 2 aromatic rings. The minimum atomic E-state index is -0.310. The SMILES string of the molecule is CCOC(=O)CCN(Cc1ccccc1)C(=O)c1ccc(OCCOC)cc1. The van der Waals surface area contributed by atoms with Crippen molar-refractivity contribution in [2.75, 3.05) is 33.5 Å². The maximum absolute atomic E-state index is 13.0. The predicted molar refractivity (Wildman–Crippen MR) is 106 cm³/mol. The summed E-state index contributed by atoms with van der Waals surface area (Å²) in [5.74, 6) is 0.224. The largest absolute Gasteiger partial charge is 0.491 e. The summed E-state index contributed by atoms with van der Waals surface area (Å²) in [7, 11) is 1.61. The van der Waals surface area contributed by atoms with E-state index in [0.717, 1.165) is 5.56 Å². The van der Waals surface area contributed by atoms with Gasteiger partial charge in [0, 0.05) is 25.8 Å². The van der Waals surface area contributed by atoms with Gasteiger partial charge in [-0.15, -0.1) is 0 Å². The number of amides is 1. The van der Waals surface area contributed by atoms with Crippen molar-refractivity contribution < 1.29 is 23.8 Å². The molecular weight excluding hydrogens is 358 g/mol. The lowest BCUT2D eigenvalue weighted by Crippen LogP contribution is -2.32. The lowest BCUT2D eigenvalue weighted by Gasteiger charge is -2.23. The van der Waals surface area contributed by atoms with Crippen LogP contribution in [0.1, 0.15) is 29.3 Å². The lowest BCUT2D eigenvalue weighted by molar-refractivity contribution is -0.143. The quantitative estimate of drug-likeness (QED) is 0.439. The van der Waals surface area contributed by atoms with Gasteiger partial charge in [0.2, 0.25) is 0 Å². The van der Waals surface area contributed by atoms with Gasteiger partial charge in [-0.2, -0.15) is 0 Å². The lowest BCUT2D eigenvalue weighted by atomic mass is 10.1. The maximum atomic E-state index is 13.0. The molecule has 0 radical (unpaired) electrons. The monoisotopic (exact) mass is 385 g/mol. The van der Waals surface area contributed by atoms with E-state index in [1.165, 1.54) is 0 Å². The summed E-state index contributed by atoms with van der Waals surface area (Å²) in [6, 6.07) is 16.7. The van der Waals surface area contributed by atoms with Gasteiger partial charge in [-0.1, -0.05) is 30.3 Å². The second-order valence-corrected chi connectivity index (χ2v) is 6.13. The molecule has 0 spiro atoms. The van der Waals surface area contributed by atoms with Crippen molar-refractivity contribution in [1.29, 1.82) is 0 Å². The zero-order valence-electron chi connectivity index (χ0n) is 16.4. The van der Waals surface area contributed by atoms with E-state index in [9.17, 15) is 9.59 Å². The Balaban J connectivity index is 2.07. The first kappa shape index (κ1) is 21.4. The van der Waals surface area contributed by atoms with Gasteiger partial charge in [0.05, 0.1) is 19.6 Å². The summed E-state index contributed by atoms with van der Waals surface area (Å²) in [4.78, 5) is 26.4. The Morgan fingerprint density at radius 1 is 0.964 bits per heavy atom. The molecule has 2 aromatic carbocycles. The number of esters is 1. The molecule has 28 heavy (non-hydrogen) atoms. The van der Waals surface area contributed by atoms with E-state index in [0.29, 0.717) is 44.2 Å². The highest BCUT2D eigenvalue weighted by Gasteiger charge is 2.18. The third-order valence-electron chi connectivity index (χ3n) is 4.05. The molecule has 0 saturated heterocycles. The maximum Gasteiger partial charge on any atom is 0.307 e. The molecule has 6 nitrogen and oxygen atoms in total. The smallest absolute Gasteiger partial charge is 0.307 e. The first-order valence-corrected chi connectivity index (χ1v) is 9.34. The minimum absolute atomic E-state index is 0.142. The van der Waals surface area contributed by atoms with Crippen molar-refractivity contribution in [3.8, 4) is 5.75 Å². The van der Waals surface area contributed by atoms with E-state index in [4.69, 9.17) is 14.2 Å². The number of ether oxygens (including phenoxy) is 3. The molecule has 0 aromatic heterocycles.